The highest BCUT2D eigenvalue weighted by atomic mass is 32.9. The zero-order chi connectivity index (χ0) is 17.9. The lowest BCUT2D eigenvalue weighted by atomic mass is 10.3. The normalized spacial score (nSPS) is 17.4. The lowest BCUT2D eigenvalue weighted by molar-refractivity contribution is 0.256. The first kappa shape index (κ1) is 24.2. The topological polar surface area (TPSA) is 46.2 Å². The van der Waals surface area contributed by atoms with E-state index in [9.17, 15) is 0 Å². The summed E-state index contributed by atoms with van der Waals surface area (Å²) in [5.74, 6) is 0.994. The quantitative estimate of drug-likeness (QED) is 0.316. The molecule has 3 atom stereocenters. The molecule has 3 unspecified atom stereocenters. The molecule has 0 N–H and O–H groups in total. The van der Waals surface area contributed by atoms with Gasteiger partial charge in [-0.15, -0.1) is 0 Å². The van der Waals surface area contributed by atoms with E-state index in [0.717, 1.165) is 18.6 Å². The van der Waals surface area contributed by atoms with Gasteiger partial charge in [0.05, 0.1) is 6.61 Å². The summed E-state index contributed by atoms with van der Waals surface area (Å²) in [6.07, 6.45) is 1.99. The highest BCUT2D eigenvalue weighted by Gasteiger charge is 2.22. The summed E-state index contributed by atoms with van der Waals surface area (Å²) < 4.78 is 27.6. The zero-order valence-corrected chi connectivity index (χ0v) is 20.3. The largest absolute Gasteiger partial charge is 0.400 e. The molecule has 0 aromatic heterocycles. The van der Waals surface area contributed by atoms with Gasteiger partial charge in [0.2, 0.25) is 0 Å². The number of rotatable bonds is 14. The minimum absolute atomic E-state index is 0.417. The van der Waals surface area contributed by atoms with Gasteiger partial charge in [-0.1, -0.05) is 37.0 Å². The first-order valence-corrected chi connectivity index (χ1v) is 15.8. The Morgan fingerprint density at radius 1 is 0.913 bits per heavy atom. The Bertz CT molecular complexity index is 318. The molecule has 140 valence electrons. The van der Waals surface area contributed by atoms with E-state index in [1.54, 1.807) is 39.8 Å². The Kier molecular flexibility index (Phi) is 14.2. The van der Waals surface area contributed by atoms with Crippen LogP contribution in [0.5, 0.6) is 0 Å². The fourth-order valence-electron chi connectivity index (χ4n) is 2.24. The van der Waals surface area contributed by atoms with Crippen molar-refractivity contribution in [3.63, 3.8) is 0 Å². The summed E-state index contributed by atoms with van der Waals surface area (Å²) >= 11 is 7.42. The second kappa shape index (κ2) is 13.4. The minimum atomic E-state index is -1.78. The van der Waals surface area contributed by atoms with Crippen molar-refractivity contribution >= 4 is 47.2 Å². The van der Waals surface area contributed by atoms with E-state index in [-0.39, 0.29) is 0 Å². The number of hydrogen-bond acceptors (Lipinski definition) is 7. The van der Waals surface area contributed by atoms with E-state index in [0.29, 0.717) is 17.7 Å². The minimum Gasteiger partial charge on any atom is -0.400 e. The Hall–Kier alpha value is 1.23. The third-order valence-corrected chi connectivity index (χ3v) is 13.1. The summed E-state index contributed by atoms with van der Waals surface area (Å²) in [7, 11) is 3.81. The smallest absolute Gasteiger partial charge is 0.323 e. The van der Waals surface area contributed by atoms with Crippen molar-refractivity contribution in [1.29, 1.82) is 0 Å². The van der Waals surface area contributed by atoms with Crippen LogP contribution in [0.25, 0.3) is 0 Å². The summed E-state index contributed by atoms with van der Waals surface area (Å²) in [4.78, 5) is 0. The summed E-state index contributed by atoms with van der Waals surface area (Å²) in [6, 6.07) is 0. The average molecular weight is 421 g/mol. The Morgan fingerprint density at radius 3 is 1.78 bits per heavy atom. The molecule has 0 bridgehead atoms. The molecule has 0 amide bonds. The highest BCUT2D eigenvalue weighted by Crippen LogP contribution is 2.57. The van der Waals surface area contributed by atoms with Crippen molar-refractivity contribution in [3.05, 3.63) is 0 Å². The van der Waals surface area contributed by atoms with Gasteiger partial charge in [0.1, 0.15) is 5.47 Å². The molecule has 0 aliphatic heterocycles. The van der Waals surface area contributed by atoms with Crippen molar-refractivity contribution in [2.24, 2.45) is 0 Å². The third-order valence-electron chi connectivity index (χ3n) is 3.66. The predicted molar refractivity (Wildman–Crippen MR) is 109 cm³/mol. The lowest BCUT2D eigenvalue weighted by Gasteiger charge is -2.22. The van der Waals surface area contributed by atoms with Crippen LogP contribution in [-0.4, -0.2) is 66.0 Å². The van der Waals surface area contributed by atoms with Crippen molar-refractivity contribution in [2.75, 3.05) is 47.5 Å². The van der Waals surface area contributed by atoms with E-state index < -0.39 is 24.0 Å². The molecule has 0 aliphatic carbocycles. The zero-order valence-electron chi connectivity index (χ0n) is 15.4. The molecule has 0 heterocycles. The van der Waals surface area contributed by atoms with E-state index in [1.807, 2.05) is 0 Å². The molecule has 0 aromatic carbocycles. The van der Waals surface area contributed by atoms with Gasteiger partial charge in [0.25, 0.3) is 0 Å². The maximum absolute atomic E-state index is 5.98. The predicted octanol–water partition coefficient (Wildman–Crippen LogP) is 3.26. The van der Waals surface area contributed by atoms with Crippen molar-refractivity contribution in [3.8, 4) is 0 Å². The maximum Gasteiger partial charge on any atom is 0.323 e. The molecule has 5 nitrogen and oxygen atoms in total. The molecule has 10 heteroatoms. The highest BCUT2D eigenvalue weighted by molar-refractivity contribution is 8.69. The van der Waals surface area contributed by atoms with E-state index >= 15 is 0 Å². The van der Waals surface area contributed by atoms with Gasteiger partial charge in [-0.2, -0.15) is 0 Å². The van der Waals surface area contributed by atoms with Crippen LogP contribution in [0.2, 0.25) is 11.1 Å². The molecule has 0 saturated heterocycles. The van der Waals surface area contributed by atoms with E-state index in [2.05, 4.69) is 20.5 Å². The summed E-state index contributed by atoms with van der Waals surface area (Å²) in [6.45, 7) is 7.08. The van der Waals surface area contributed by atoms with Gasteiger partial charge in [-0.25, -0.2) is 0 Å². The molecule has 0 aliphatic rings. The maximum atomic E-state index is 5.98. The Balaban J connectivity index is 4.03. The second-order valence-corrected chi connectivity index (χ2v) is 19.4. The standard InChI is InChI=1S/C13H33O5PS2Si2/c1-12(22(14-3)15-4)8-10-18-19(7,20)21-11-9-13(2)23(16-5)17-6/h12-13,22-23H,8-11H2,1-7H3. The van der Waals surface area contributed by atoms with Crippen LogP contribution in [0.15, 0.2) is 0 Å². The van der Waals surface area contributed by atoms with Crippen LogP contribution in [0.3, 0.4) is 0 Å². The van der Waals surface area contributed by atoms with Crippen LogP contribution in [0.1, 0.15) is 26.7 Å². The fourth-order valence-corrected chi connectivity index (χ4v) is 9.55. The van der Waals surface area contributed by atoms with Crippen molar-refractivity contribution in [1.82, 2.24) is 0 Å². The Morgan fingerprint density at radius 2 is 1.35 bits per heavy atom. The molecule has 0 saturated carbocycles. The van der Waals surface area contributed by atoms with Crippen molar-refractivity contribution < 1.29 is 22.2 Å². The molecule has 23 heavy (non-hydrogen) atoms. The molecular formula is C13H33O5PS2Si2. The van der Waals surface area contributed by atoms with Gasteiger partial charge in [-0.05, 0) is 30.6 Å². The molecule has 0 rings (SSSR count). The van der Waals surface area contributed by atoms with Crippen LogP contribution < -0.4 is 0 Å². The molecule has 0 spiro atoms. The van der Waals surface area contributed by atoms with Gasteiger partial charge in [-0.3, -0.25) is 0 Å². The molecule has 0 radical (unpaired) electrons. The van der Waals surface area contributed by atoms with Gasteiger partial charge < -0.3 is 22.2 Å². The Labute approximate surface area is 154 Å². The van der Waals surface area contributed by atoms with Crippen LogP contribution in [-0.2, 0) is 34.0 Å². The third kappa shape index (κ3) is 10.7. The fraction of sp³-hybridized carbons (Fsp3) is 1.00. The monoisotopic (exact) mass is 420 g/mol. The van der Waals surface area contributed by atoms with Crippen LogP contribution in [0, 0.1) is 0 Å². The average Bonchev–Trinajstić information content (AvgIpc) is 2.49. The molecule has 0 aromatic rings. The van der Waals surface area contributed by atoms with Gasteiger partial charge in [0.15, 0.2) is 0 Å². The van der Waals surface area contributed by atoms with Crippen LogP contribution in [0.4, 0.5) is 0 Å². The van der Waals surface area contributed by atoms with Crippen LogP contribution >= 0.6 is 16.8 Å². The SMILES string of the molecule is CO[SiH](OC)C(C)CCOP(C)(=S)SCCC(C)[SiH](OC)OC. The summed E-state index contributed by atoms with van der Waals surface area (Å²) in [5, 5.41) is 0. The van der Waals surface area contributed by atoms with Gasteiger partial charge in [0, 0.05) is 34.2 Å². The molecule has 0 fully saturated rings. The number of hydrogen-bond donors (Lipinski definition) is 0. The first-order chi connectivity index (χ1) is 10.8. The molecular weight excluding hydrogens is 387 g/mol. The van der Waals surface area contributed by atoms with Crippen molar-refractivity contribution in [2.45, 2.75) is 37.8 Å². The first-order valence-electron chi connectivity index (χ1n) is 7.79. The van der Waals surface area contributed by atoms with Gasteiger partial charge >= 0.3 is 18.6 Å². The van der Waals surface area contributed by atoms with E-state index in [4.69, 9.17) is 34.0 Å². The summed E-state index contributed by atoms with van der Waals surface area (Å²) in [5.41, 5.74) is -0.890. The lowest BCUT2D eigenvalue weighted by Crippen LogP contribution is -2.25. The van der Waals surface area contributed by atoms with E-state index in [1.165, 1.54) is 0 Å². The second-order valence-electron chi connectivity index (χ2n) is 5.65.